The van der Waals surface area contributed by atoms with Gasteiger partial charge in [0.05, 0.1) is 0 Å². The van der Waals surface area contributed by atoms with Gasteiger partial charge >= 0.3 is 11.8 Å². The maximum absolute atomic E-state index is 15.1. The van der Waals surface area contributed by atoms with Crippen LogP contribution in [0.4, 0.5) is 26.3 Å². The Labute approximate surface area is 134 Å². The van der Waals surface area contributed by atoms with E-state index >= 15 is 4.39 Å². The van der Waals surface area contributed by atoms with Gasteiger partial charge in [-0.25, -0.2) is 17.6 Å². The molecule has 0 fully saturated rings. The number of hydrogen-bond donors (Lipinski definition) is 0. The average molecular weight is 367 g/mol. The Morgan fingerprint density at radius 1 is 0.818 bits per heavy atom. The molecule has 0 nitrogen and oxygen atoms in total. The lowest BCUT2D eigenvalue weighted by Crippen LogP contribution is -2.61. The molecule has 0 N–H and O–H groups in total. The maximum Gasteiger partial charge on any atom is 0.350 e. The van der Waals surface area contributed by atoms with Crippen LogP contribution in [-0.2, 0) is 5.67 Å². The first kappa shape index (κ1) is 19.4. The van der Waals surface area contributed by atoms with Gasteiger partial charge in [0.1, 0.15) is 5.67 Å². The highest BCUT2D eigenvalue weighted by molar-refractivity contribution is 6.36. The van der Waals surface area contributed by atoms with Crippen LogP contribution in [0.3, 0.4) is 0 Å². The van der Waals surface area contributed by atoms with Crippen molar-refractivity contribution in [3.63, 3.8) is 0 Å². The zero-order chi connectivity index (χ0) is 17.7. The fraction of sp³-hybridized carbons (Fsp3) is 0.571. The van der Waals surface area contributed by atoms with Crippen LogP contribution in [0.25, 0.3) is 0 Å². The third kappa shape index (κ3) is 2.80. The summed E-state index contributed by atoms with van der Waals surface area (Å²) < 4.78 is 84.0. The highest BCUT2D eigenvalue weighted by Gasteiger charge is 2.74. The van der Waals surface area contributed by atoms with Gasteiger partial charge in [-0.2, -0.15) is 8.78 Å². The zero-order valence-electron chi connectivity index (χ0n) is 12.2. The SMILES string of the molecule is Cc1c(Cl)cc(C(F)(C(C)(C)F)C(F)(F)C(C)(F)F)cc1Cl. The lowest BCUT2D eigenvalue weighted by atomic mass is 9.75. The molecule has 0 heterocycles. The van der Waals surface area contributed by atoms with Crippen LogP contribution in [0.15, 0.2) is 12.1 Å². The van der Waals surface area contributed by atoms with E-state index < -0.39 is 28.7 Å². The molecular weight excluding hydrogens is 353 g/mol. The van der Waals surface area contributed by atoms with Gasteiger partial charge in [0.15, 0.2) is 0 Å². The Balaban J connectivity index is 3.77. The molecule has 1 aromatic rings. The molecule has 0 spiro atoms. The summed E-state index contributed by atoms with van der Waals surface area (Å²) in [6, 6.07) is 1.37. The summed E-state index contributed by atoms with van der Waals surface area (Å²) in [6.45, 7) is 2.15. The average Bonchev–Trinajstić information content (AvgIpc) is 2.31. The second kappa shape index (κ2) is 5.48. The van der Waals surface area contributed by atoms with Gasteiger partial charge in [-0.1, -0.05) is 23.2 Å². The predicted molar refractivity (Wildman–Crippen MR) is 74.7 cm³/mol. The van der Waals surface area contributed by atoms with Crippen molar-refractivity contribution in [1.82, 2.24) is 0 Å². The van der Waals surface area contributed by atoms with E-state index in [9.17, 15) is 22.0 Å². The first-order valence-corrected chi connectivity index (χ1v) is 6.92. The van der Waals surface area contributed by atoms with Crippen molar-refractivity contribution in [2.24, 2.45) is 0 Å². The minimum Gasteiger partial charge on any atom is -0.240 e. The minimum atomic E-state index is -5.33. The molecule has 1 aromatic carbocycles. The van der Waals surface area contributed by atoms with Gasteiger partial charge < -0.3 is 0 Å². The first-order valence-electron chi connectivity index (χ1n) is 6.17. The Kier molecular flexibility index (Phi) is 4.84. The second-order valence-electron chi connectivity index (χ2n) is 5.66. The normalized spacial score (nSPS) is 16.5. The smallest absolute Gasteiger partial charge is 0.240 e. The van der Waals surface area contributed by atoms with Crippen LogP contribution < -0.4 is 0 Å². The Morgan fingerprint density at radius 2 is 1.18 bits per heavy atom. The molecule has 0 radical (unpaired) electrons. The molecule has 1 rings (SSSR count). The molecule has 1 atom stereocenters. The summed E-state index contributed by atoms with van der Waals surface area (Å²) in [6.07, 6.45) is 0. The van der Waals surface area contributed by atoms with E-state index in [-0.39, 0.29) is 22.5 Å². The highest BCUT2D eigenvalue weighted by Crippen LogP contribution is 2.57. The fourth-order valence-electron chi connectivity index (χ4n) is 2.04. The molecule has 0 saturated carbocycles. The quantitative estimate of drug-likeness (QED) is 0.533. The predicted octanol–water partition coefficient (Wildman–Crippen LogP) is 6.51. The monoisotopic (exact) mass is 366 g/mol. The number of benzene rings is 1. The van der Waals surface area contributed by atoms with Crippen molar-refractivity contribution in [2.75, 3.05) is 0 Å². The van der Waals surface area contributed by atoms with Crippen molar-refractivity contribution in [1.29, 1.82) is 0 Å². The van der Waals surface area contributed by atoms with E-state index in [2.05, 4.69) is 0 Å². The van der Waals surface area contributed by atoms with Crippen LogP contribution in [0.1, 0.15) is 31.9 Å². The summed E-state index contributed by atoms with van der Waals surface area (Å²) in [7, 11) is 0. The molecule has 22 heavy (non-hydrogen) atoms. The van der Waals surface area contributed by atoms with E-state index in [1.807, 2.05) is 0 Å². The molecule has 126 valence electrons. The number of rotatable bonds is 4. The summed E-state index contributed by atoms with van der Waals surface area (Å²) in [4.78, 5) is 0. The maximum atomic E-state index is 15.1. The van der Waals surface area contributed by atoms with Gasteiger partial charge in [-0.15, -0.1) is 0 Å². The molecule has 0 aliphatic rings. The van der Waals surface area contributed by atoms with Crippen LogP contribution in [0, 0.1) is 6.92 Å². The summed E-state index contributed by atoms with van der Waals surface area (Å²) >= 11 is 11.5. The van der Waals surface area contributed by atoms with Gasteiger partial charge in [-0.3, -0.25) is 0 Å². The molecule has 0 aliphatic carbocycles. The summed E-state index contributed by atoms with van der Waals surface area (Å²) in [5.41, 5.74) is -8.48. The number of halogens is 8. The molecule has 0 saturated heterocycles. The molecular formula is C14H14Cl2F6. The first-order chi connectivity index (χ1) is 9.57. The van der Waals surface area contributed by atoms with E-state index in [4.69, 9.17) is 23.2 Å². The Hall–Kier alpha value is -0.620. The third-order valence-corrected chi connectivity index (χ3v) is 4.27. The van der Waals surface area contributed by atoms with Crippen LogP contribution >= 0.6 is 23.2 Å². The van der Waals surface area contributed by atoms with E-state index in [0.29, 0.717) is 26.0 Å². The second-order valence-corrected chi connectivity index (χ2v) is 6.47. The third-order valence-electron chi connectivity index (χ3n) is 3.48. The molecule has 0 aliphatic heterocycles. The topological polar surface area (TPSA) is 0 Å². The Morgan fingerprint density at radius 3 is 1.45 bits per heavy atom. The lowest BCUT2D eigenvalue weighted by molar-refractivity contribution is -0.296. The molecule has 0 aromatic heterocycles. The van der Waals surface area contributed by atoms with Gasteiger partial charge in [0.25, 0.3) is 0 Å². The summed E-state index contributed by atoms with van der Waals surface area (Å²) in [5, 5.41) is -0.465. The van der Waals surface area contributed by atoms with Crippen molar-refractivity contribution < 1.29 is 26.3 Å². The number of hydrogen-bond acceptors (Lipinski definition) is 0. The van der Waals surface area contributed by atoms with E-state index in [1.165, 1.54) is 6.92 Å². The van der Waals surface area contributed by atoms with E-state index in [1.54, 1.807) is 0 Å². The van der Waals surface area contributed by atoms with Crippen LogP contribution in [0.2, 0.25) is 10.0 Å². The fourth-order valence-corrected chi connectivity index (χ4v) is 2.53. The standard InChI is InChI=1S/C14H14Cl2F6/c1-7-9(15)5-8(6-10(7)16)13(20,11(2,3)17)14(21,22)12(4,18)19/h5-6H,1-4H3. The van der Waals surface area contributed by atoms with Crippen LogP contribution in [-0.4, -0.2) is 17.5 Å². The molecule has 1 unspecified atom stereocenters. The van der Waals surface area contributed by atoms with Crippen molar-refractivity contribution in [2.45, 2.75) is 50.9 Å². The lowest BCUT2D eigenvalue weighted by Gasteiger charge is -2.42. The van der Waals surface area contributed by atoms with Crippen molar-refractivity contribution in [3.05, 3.63) is 33.3 Å². The van der Waals surface area contributed by atoms with E-state index in [0.717, 1.165) is 0 Å². The van der Waals surface area contributed by atoms with Gasteiger partial charge in [0, 0.05) is 22.5 Å². The molecule has 8 heteroatoms. The summed E-state index contributed by atoms with van der Waals surface area (Å²) in [5.74, 6) is -10.1. The van der Waals surface area contributed by atoms with Crippen LogP contribution in [0.5, 0.6) is 0 Å². The van der Waals surface area contributed by atoms with Gasteiger partial charge in [-0.05, 0) is 38.5 Å². The highest BCUT2D eigenvalue weighted by atomic mass is 35.5. The van der Waals surface area contributed by atoms with Gasteiger partial charge in [0.2, 0.25) is 5.67 Å². The molecule has 0 bridgehead atoms. The number of alkyl halides is 6. The largest absolute Gasteiger partial charge is 0.350 e. The minimum absolute atomic E-state index is 0.176. The zero-order valence-corrected chi connectivity index (χ0v) is 13.7. The molecule has 0 amide bonds. The Bertz CT molecular complexity index is 551. The van der Waals surface area contributed by atoms with Crippen molar-refractivity contribution >= 4 is 23.2 Å². The van der Waals surface area contributed by atoms with Crippen molar-refractivity contribution in [3.8, 4) is 0 Å².